The molecule has 152 valence electrons. The Labute approximate surface area is 173 Å². The van der Waals surface area contributed by atoms with Gasteiger partial charge in [-0.15, -0.1) is 0 Å². The van der Waals surface area contributed by atoms with Crippen LogP contribution in [0.3, 0.4) is 0 Å². The molecular formula is C22H24N2O4S. The van der Waals surface area contributed by atoms with E-state index in [-0.39, 0.29) is 24.8 Å². The van der Waals surface area contributed by atoms with E-state index in [1.54, 1.807) is 11.7 Å². The molecule has 0 radical (unpaired) electrons. The number of hydrogen-bond donors (Lipinski definition) is 0. The summed E-state index contributed by atoms with van der Waals surface area (Å²) in [5, 5.41) is 0. The SMILES string of the molecule is COC(=O)Cn1c(=NC(=O)Cc2ccc(OC)c(C)c2)sc2c(C)cc(C)cc21. The third kappa shape index (κ3) is 4.56. The van der Waals surface area contributed by atoms with E-state index in [1.165, 1.54) is 18.4 Å². The summed E-state index contributed by atoms with van der Waals surface area (Å²) in [4.78, 5) is 29.4. The van der Waals surface area contributed by atoms with Crippen molar-refractivity contribution in [1.82, 2.24) is 4.57 Å². The number of carbonyl (C=O) groups is 2. The highest BCUT2D eigenvalue weighted by molar-refractivity contribution is 7.16. The smallest absolute Gasteiger partial charge is 0.325 e. The van der Waals surface area contributed by atoms with Crippen molar-refractivity contribution >= 4 is 33.4 Å². The minimum Gasteiger partial charge on any atom is -0.496 e. The number of ether oxygens (including phenoxy) is 2. The van der Waals surface area contributed by atoms with Gasteiger partial charge < -0.3 is 14.0 Å². The first-order valence-electron chi connectivity index (χ1n) is 9.21. The van der Waals surface area contributed by atoms with Gasteiger partial charge in [0, 0.05) is 0 Å². The molecule has 0 saturated heterocycles. The molecule has 2 aromatic carbocycles. The summed E-state index contributed by atoms with van der Waals surface area (Å²) in [5.41, 5.74) is 4.88. The summed E-state index contributed by atoms with van der Waals surface area (Å²) < 4.78 is 12.9. The number of benzene rings is 2. The zero-order valence-electron chi connectivity index (χ0n) is 17.2. The van der Waals surface area contributed by atoms with Crippen LogP contribution in [0.2, 0.25) is 0 Å². The first-order valence-corrected chi connectivity index (χ1v) is 10.0. The molecule has 0 N–H and O–H groups in total. The Balaban J connectivity index is 2.02. The van der Waals surface area contributed by atoms with Crippen molar-refractivity contribution in [2.45, 2.75) is 33.7 Å². The Kier molecular flexibility index (Phi) is 6.17. The topological polar surface area (TPSA) is 69.9 Å². The van der Waals surface area contributed by atoms with Crippen molar-refractivity contribution in [3.63, 3.8) is 0 Å². The van der Waals surface area contributed by atoms with Gasteiger partial charge >= 0.3 is 5.97 Å². The van der Waals surface area contributed by atoms with Crippen LogP contribution in [-0.4, -0.2) is 30.7 Å². The molecule has 0 unspecified atom stereocenters. The van der Waals surface area contributed by atoms with Gasteiger partial charge in [0.2, 0.25) is 0 Å². The second kappa shape index (κ2) is 8.61. The number of rotatable bonds is 5. The number of nitrogens with zero attached hydrogens (tertiary/aromatic N) is 2. The van der Waals surface area contributed by atoms with Crippen molar-refractivity contribution in [3.05, 3.63) is 57.4 Å². The molecule has 1 amide bonds. The van der Waals surface area contributed by atoms with Crippen molar-refractivity contribution in [3.8, 4) is 5.75 Å². The summed E-state index contributed by atoms with van der Waals surface area (Å²) in [5.74, 6) is 0.127. The lowest BCUT2D eigenvalue weighted by atomic mass is 10.1. The van der Waals surface area contributed by atoms with Gasteiger partial charge in [0.25, 0.3) is 5.91 Å². The number of thiazole rings is 1. The van der Waals surface area contributed by atoms with Crippen LogP contribution >= 0.6 is 11.3 Å². The highest BCUT2D eigenvalue weighted by Gasteiger charge is 2.14. The second-order valence-electron chi connectivity index (χ2n) is 6.96. The lowest BCUT2D eigenvalue weighted by Crippen LogP contribution is -2.22. The molecule has 0 aliphatic heterocycles. The maximum atomic E-state index is 12.7. The van der Waals surface area contributed by atoms with Crippen LogP contribution in [-0.2, 0) is 27.3 Å². The fraction of sp³-hybridized carbons (Fsp3) is 0.318. The van der Waals surface area contributed by atoms with E-state index in [4.69, 9.17) is 9.47 Å². The third-order valence-corrected chi connectivity index (χ3v) is 5.89. The van der Waals surface area contributed by atoms with Gasteiger partial charge in [-0.2, -0.15) is 4.99 Å². The minimum absolute atomic E-state index is 0.00709. The average molecular weight is 413 g/mol. The summed E-state index contributed by atoms with van der Waals surface area (Å²) in [6.07, 6.45) is 0.176. The fourth-order valence-electron chi connectivity index (χ4n) is 3.32. The largest absolute Gasteiger partial charge is 0.496 e. The molecule has 0 fully saturated rings. The van der Waals surface area contributed by atoms with Crippen LogP contribution in [0.1, 0.15) is 22.3 Å². The highest BCUT2D eigenvalue weighted by atomic mass is 32.1. The Hall–Kier alpha value is -2.93. The van der Waals surface area contributed by atoms with E-state index < -0.39 is 0 Å². The van der Waals surface area contributed by atoms with Crippen molar-refractivity contribution in [2.24, 2.45) is 4.99 Å². The molecule has 1 aromatic heterocycles. The molecule has 0 aliphatic rings. The van der Waals surface area contributed by atoms with E-state index >= 15 is 0 Å². The molecule has 1 heterocycles. The highest BCUT2D eigenvalue weighted by Crippen LogP contribution is 2.24. The molecule has 0 spiro atoms. The molecule has 0 bridgehead atoms. The van der Waals surface area contributed by atoms with E-state index in [9.17, 15) is 9.59 Å². The maximum Gasteiger partial charge on any atom is 0.325 e. The molecule has 6 nitrogen and oxygen atoms in total. The molecule has 7 heteroatoms. The molecule has 0 atom stereocenters. The van der Waals surface area contributed by atoms with Gasteiger partial charge in [-0.1, -0.05) is 29.5 Å². The molecule has 29 heavy (non-hydrogen) atoms. The monoisotopic (exact) mass is 412 g/mol. The number of hydrogen-bond acceptors (Lipinski definition) is 5. The molecule has 0 saturated carbocycles. The van der Waals surface area contributed by atoms with Gasteiger partial charge in [-0.25, -0.2) is 0 Å². The second-order valence-corrected chi connectivity index (χ2v) is 7.94. The fourth-order valence-corrected chi connectivity index (χ4v) is 4.41. The van der Waals surface area contributed by atoms with Crippen LogP contribution in [0, 0.1) is 20.8 Å². The van der Waals surface area contributed by atoms with Gasteiger partial charge in [0.05, 0.1) is 30.9 Å². The molecular weight excluding hydrogens is 388 g/mol. The normalized spacial score (nSPS) is 11.7. The predicted octanol–water partition coefficient (Wildman–Crippen LogP) is 3.48. The van der Waals surface area contributed by atoms with Gasteiger partial charge in [-0.3, -0.25) is 9.59 Å². The zero-order chi connectivity index (χ0) is 21.1. The predicted molar refractivity (Wildman–Crippen MR) is 113 cm³/mol. The third-order valence-electron chi connectivity index (χ3n) is 4.66. The maximum absolute atomic E-state index is 12.7. The standard InChI is InChI=1S/C22H24N2O4S/c1-13-8-15(3)21-17(9-13)24(12-20(26)28-5)22(29-21)23-19(25)11-16-6-7-18(27-4)14(2)10-16/h6-10H,11-12H2,1-5H3. The molecule has 3 rings (SSSR count). The van der Waals surface area contributed by atoms with Gasteiger partial charge in [0.15, 0.2) is 4.80 Å². The summed E-state index contributed by atoms with van der Waals surface area (Å²) in [7, 11) is 2.97. The summed E-state index contributed by atoms with van der Waals surface area (Å²) in [6, 6.07) is 9.71. The first-order chi connectivity index (χ1) is 13.8. The number of amides is 1. The van der Waals surface area contributed by atoms with Crippen molar-refractivity contribution < 1.29 is 19.1 Å². The zero-order valence-corrected chi connectivity index (χ0v) is 18.1. The number of carbonyl (C=O) groups excluding carboxylic acids is 2. The number of esters is 1. The number of aromatic nitrogens is 1. The van der Waals surface area contributed by atoms with E-state index in [1.807, 2.05) is 45.0 Å². The Morgan fingerprint density at radius 2 is 1.83 bits per heavy atom. The van der Waals surface area contributed by atoms with E-state index in [0.29, 0.717) is 4.80 Å². The van der Waals surface area contributed by atoms with Crippen molar-refractivity contribution in [1.29, 1.82) is 0 Å². The Morgan fingerprint density at radius 3 is 2.48 bits per heavy atom. The summed E-state index contributed by atoms with van der Waals surface area (Å²) in [6.45, 7) is 5.96. The number of aryl methyl sites for hydroxylation is 3. The minimum atomic E-state index is -0.386. The summed E-state index contributed by atoms with van der Waals surface area (Å²) >= 11 is 1.41. The number of methoxy groups -OCH3 is 2. The molecule has 0 aliphatic carbocycles. The lowest BCUT2D eigenvalue weighted by molar-refractivity contribution is -0.141. The first kappa shape index (κ1) is 20.8. The average Bonchev–Trinajstić information content (AvgIpc) is 2.99. The van der Waals surface area contributed by atoms with Crippen LogP contribution in [0.4, 0.5) is 0 Å². The lowest BCUT2D eigenvalue weighted by Gasteiger charge is -2.06. The van der Waals surface area contributed by atoms with Crippen LogP contribution in [0.25, 0.3) is 10.2 Å². The Bertz CT molecular complexity index is 1160. The van der Waals surface area contributed by atoms with Crippen LogP contribution in [0.15, 0.2) is 35.3 Å². The Morgan fingerprint density at radius 1 is 1.07 bits per heavy atom. The van der Waals surface area contributed by atoms with Crippen LogP contribution < -0.4 is 9.54 Å². The van der Waals surface area contributed by atoms with E-state index in [0.717, 1.165) is 38.2 Å². The van der Waals surface area contributed by atoms with E-state index in [2.05, 4.69) is 11.1 Å². The van der Waals surface area contributed by atoms with Gasteiger partial charge in [-0.05, 0) is 55.2 Å². The van der Waals surface area contributed by atoms with Crippen LogP contribution in [0.5, 0.6) is 5.75 Å². The quantitative estimate of drug-likeness (QED) is 0.602. The van der Waals surface area contributed by atoms with Gasteiger partial charge in [0.1, 0.15) is 12.3 Å². The molecule has 3 aromatic rings. The number of fused-ring (bicyclic) bond motifs is 1. The van der Waals surface area contributed by atoms with Crippen molar-refractivity contribution in [2.75, 3.05) is 14.2 Å².